The second-order valence-corrected chi connectivity index (χ2v) is 5.10. The van der Waals surface area contributed by atoms with Crippen molar-refractivity contribution in [2.45, 2.75) is 32.2 Å². The van der Waals surface area contributed by atoms with Crippen molar-refractivity contribution in [3.05, 3.63) is 0 Å². The van der Waals surface area contributed by atoms with E-state index in [0.29, 0.717) is 6.54 Å². The van der Waals surface area contributed by atoms with Crippen LogP contribution in [0.4, 0.5) is 0 Å². The molecule has 1 unspecified atom stereocenters. The maximum Gasteiger partial charge on any atom is 0.304 e. The van der Waals surface area contributed by atoms with Crippen LogP contribution < -0.4 is 0 Å². The Labute approximate surface area is 97.2 Å². The van der Waals surface area contributed by atoms with Crippen molar-refractivity contribution in [1.29, 1.82) is 0 Å². The van der Waals surface area contributed by atoms with Crippen LogP contribution in [-0.2, 0) is 4.79 Å². The van der Waals surface area contributed by atoms with Crippen LogP contribution in [0.25, 0.3) is 0 Å². The quantitative estimate of drug-likeness (QED) is 0.755. The number of hydrogen-bond donors (Lipinski definition) is 1. The zero-order chi connectivity index (χ0) is 11.5. The van der Waals surface area contributed by atoms with Gasteiger partial charge in [-0.1, -0.05) is 0 Å². The predicted octanol–water partition coefficient (Wildman–Crippen LogP) is 0.877. The molecule has 4 heteroatoms. The highest BCUT2D eigenvalue weighted by Crippen LogP contribution is 2.35. The van der Waals surface area contributed by atoms with Gasteiger partial charge in [-0.15, -0.1) is 0 Å². The van der Waals surface area contributed by atoms with Gasteiger partial charge in [-0.05, 0) is 25.7 Å². The lowest BCUT2D eigenvalue weighted by Gasteiger charge is -2.38. The van der Waals surface area contributed by atoms with Gasteiger partial charge < -0.3 is 10.0 Å². The van der Waals surface area contributed by atoms with E-state index in [1.807, 2.05) is 0 Å². The van der Waals surface area contributed by atoms with E-state index in [1.54, 1.807) is 0 Å². The van der Waals surface area contributed by atoms with Gasteiger partial charge in [0.05, 0.1) is 6.42 Å². The molecule has 1 aliphatic carbocycles. The minimum atomic E-state index is -0.686. The second kappa shape index (κ2) is 5.15. The number of carboxylic acids is 1. The summed E-state index contributed by atoms with van der Waals surface area (Å²) in [4.78, 5) is 15.3. The summed E-state index contributed by atoms with van der Waals surface area (Å²) in [5.74, 6) is 0.249. The first-order valence-corrected chi connectivity index (χ1v) is 6.35. The standard InChI is InChI=1S/C12H22N2O2/c1-10(11-2-3-11)14-8-6-13(7-9-14)5-4-12(15)16/h10-11H,2-9H2,1H3,(H,15,16). The maximum absolute atomic E-state index is 10.5. The first-order valence-electron chi connectivity index (χ1n) is 6.35. The van der Waals surface area contributed by atoms with Crippen molar-refractivity contribution >= 4 is 5.97 Å². The third-order valence-corrected chi connectivity index (χ3v) is 3.93. The third kappa shape index (κ3) is 3.19. The Morgan fingerprint density at radius 1 is 1.31 bits per heavy atom. The van der Waals surface area contributed by atoms with E-state index in [4.69, 9.17) is 5.11 Å². The second-order valence-electron chi connectivity index (χ2n) is 5.10. The fourth-order valence-electron chi connectivity index (χ4n) is 2.52. The molecule has 0 aromatic rings. The van der Waals surface area contributed by atoms with Crippen molar-refractivity contribution in [2.75, 3.05) is 32.7 Å². The van der Waals surface area contributed by atoms with E-state index in [0.717, 1.165) is 38.1 Å². The number of rotatable bonds is 5. The molecule has 1 heterocycles. The molecule has 92 valence electrons. The summed E-state index contributed by atoms with van der Waals surface area (Å²) in [5, 5.41) is 8.63. The molecule has 1 atom stereocenters. The number of aliphatic carboxylic acids is 1. The summed E-state index contributed by atoms with van der Waals surface area (Å²) >= 11 is 0. The predicted molar refractivity (Wildman–Crippen MR) is 62.5 cm³/mol. The van der Waals surface area contributed by atoms with Crippen molar-refractivity contribution in [3.8, 4) is 0 Å². The first-order chi connectivity index (χ1) is 7.66. The summed E-state index contributed by atoms with van der Waals surface area (Å²) < 4.78 is 0. The third-order valence-electron chi connectivity index (χ3n) is 3.93. The van der Waals surface area contributed by atoms with Crippen LogP contribution in [-0.4, -0.2) is 59.6 Å². The fraction of sp³-hybridized carbons (Fsp3) is 0.917. The fourth-order valence-corrected chi connectivity index (χ4v) is 2.52. The Morgan fingerprint density at radius 3 is 2.44 bits per heavy atom. The number of carboxylic acid groups (broad SMARTS) is 1. The average Bonchev–Trinajstić information content (AvgIpc) is 3.10. The Hall–Kier alpha value is -0.610. The Morgan fingerprint density at radius 2 is 1.94 bits per heavy atom. The molecule has 1 N–H and O–H groups in total. The average molecular weight is 226 g/mol. The molecule has 0 bridgehead atoms. The van der Waals surface area contributed by atoms with E-state index < -0.39 is 5.97 Å². The number of carbonyl (C=O) groups is 1. The monoisotopic (exact) mass is 226 g/mol. The van der Waals surface area contributed by atoms with E-state index >= 15 is 0 Å². The minimum absolute atomic E-state index is 0.276. The van der Waals surface area contributed by atoms with E-state index in [2.05, 4.69) is 16.7 Å². The van der Waals surface area contributed by atoms with E-state index in [-0.39, 0.29) is 6.42 Å². The van der Waals surface area contributed by atoms with Gasteiger partial charge >= 0.3 is 5.97 Å². The highest BCUT2D eigenvalue weighted by atomic mass is 16.4. The Bertz CT molecular complexity index is 245. The molecule has 0 amide bonds. The van der Waals surface area contributed by atoms with Gasteiger partial charge in [0.25, 0.3) is 0 Å². The molecule has 4 nitrogen and oxygen atoms in total. The molecule has 1 aliphatic heterocycles. The summed E-state index contributed by atoms with van der Waals surface area (Å²) in [5.41, 5.74) is 0. The van der Waals surface area contributed by atoms with Gasteiger partial charge in [0.15, 0.2) is 0 Å². The molecule has 0 aromatic carbocycles. The minimum Gasteiger partial charge on any atom is -0.481 e. The molecule has 16 heavy (non-hydrogen) atoms. The van der Waals surface area contributed by atoms with Crippen LogP contribution in [0.1, 0.15) is 26.2 Å². The van der Waals surface area contributed by atoms with Gasteiger partial charge in [0, 0.05) is 38.8 Å². The lowest BCUT2D eigenvalue weighted by Crippen LogP contribution is -2.50. The SMILES string of the molecule is CC(C1CC1)N1CCN(CCC(=O)O)CC1. The molecule has 1 saturated carbocycles. The normalized spacial score (nSPS) is 25.6. The number of hydrogen-bond acceptors (Lipinski definition) is 3. The summed E-state index contributed by atoms with van der Waals surface area (Å²) in [6.45, 7) is 7.33. The molecule has 0 spiro atoms. The van der Waals surface area contributed by atoms with Crippen molar-refractivity contribution < 1.29 is 9.90 Å². The van der Waals surface area contributed by atoms with E-state index in [9.17, 15) is 4.79 Å². The van der Waals surface area contributed by atoms with Gasteiger partial charge in [0.1, 0.15) is 0 Å². The van der Waals surface area contributed by atoms with Crippen molar-refractivity contribution in [2.24, 2.45) is 5.92 Å². The lowest BCUT2D eigenvalue weighted by molar-refractivity contribution is -0.137. The molecule has 0 aromatic heterocycles. The van der Waals surface area contributed by atoms with Gasteiger partial charge in [-0.3, -0.25) is 9.69 Å². The number of nitrogens with zero attached hydrogens (tertiary/aromatic N) is 2. The van der Waals surface area contributed by atoms with Crippen molar-refractivity contribution in [1.82, 2.24) is 9.80 Å². The largest absolute Gasteiger partial charge is 0.481 e. The Balaban J connectivity index is 1.67. The summed E-state index contributed by atoms with van der Waals surface area (Å²) in [6.07, 6.45) is 3.08. The van der Waals surface area contributed by atoms with Crippen LogP contribution in [0.2, 0.25) is 0 Å². The van der Waals surface area contributed by atoms with Crippen LogP contribution in [0.15, 0.2) is 0 Å². The molecule has 2 rings (SSSR count). The summed E-state index contributed by atoms with van der Waals surface area (Å²) in [6, 6.07) is 0.738. The van der Waals surface area contributed by atoms with Crippen LogP contribution in [0, 0.1) is 5.92 Å². The maximum atomic E-state index is 10.5. The van der Waals surface area contributed by atoms with Crippen LogP contribution >= 0.6 is 0 Å². The van der Waals surface area contributed by atoms with E-state index in [1.165, 1.54) is 12.8 Å². The highest BCUT2D eigenvalue weighted by molar-refractivity contribution is 5.66. The van der Waals surface area contributed by atoms with Gasteiger partial charge in [0.2, 0.25) is 0 Å². The highest BCUT2D eigenvalue weighted by Gasteiger charge is 2.33. The molecule has 2 aliphatic rings. The zero-order valence-corrected chi connectivity index (χ0v) is 10.1. The van der Waals surface area contributed by atoms with Crippen LogP contribution in [0.5, 0.6) is 0 Å². The van der Waals surface area contributed by atoms with Gasteiger partial charge in [-0.25, -0.2) is 0 Å². The lowest BCUT2D eigenvalue weighted by atomic mass is 10.1. The van der Waals surface area contributed by atoms with Crippen molar-refractivity contribution in [3.63, 3.8) is 0 Å². The molecular formula is C12H22N2O2. The zero-order valence-electron chi connectivity index (χ0n) is 10.1. The molecule has 2 fully saturated rings. The molecule has 1 saturated heterocycles. The molecule has 0 radical (unpaired) electrons. The topological polar surface area (TPSA) is 43.8 Å². The van der Waals surface area contributed by atoms with Crippen LogP contribution in [0.3, 0.4) is 0 Å². The molecular weight excluding hydrogens is 204 g/mol. The number of piperazine rings is 1. The summed E-state index contributed by atoms with van der Waals surface area (Å²) in [7, 11) is 0. The first kappa shape index (κ1) is 11.9. The smallest absolute Gasteiger partial charge is 0.304 e. The van der Waals surface area contributed by atoms with Gasteiger partial charge in [-0.2, -0.15) is 0 Å². The Kier molecular flexibility index (Phi) is 3.82.